The molecular weight excluding hydrogens is 288 g/mol. The Morgan fingerprint density at radius 1 is 1.45 bits per heavy atom. The van der Waals surface area contributed by atoms with Crippen molar-refractivity contribution in [3.05, 3.63) is 28.3 Å². The topological polar surface area (TPSA) is 144 Å². The fraction of sp³-hybridized carbons (Fsp3) is 0.300. The average molecular weight is 302 g/mol. The number of non-ortho nitro benzene ring substituents is 1. The number of nitro groups is 1. The van der Waals surface area contributed by atoms with Crippen LogP contribution < -0.4 is 15.8 Å². The minimum absolute atomic E-state index is 0.0821. The van der Waals surface area contributed by atoms with Crippen molar-refractivity contribution in [2.45, 2.75) is 11.8 Å². The summed E-state index contributed by atoms with van der Waals surface area (Å²) in [5.74, 6) is -0.833. The molecule has 0 aromatic heterocycles. The zero-order chi connectivity index (χ0) is 15.3. The third-order valence-corrected chi connectivity index (χ3v) is 3.73. The van der Waals surface area contributed by atoms with Crippen molar-refractivity contribution in [1.29, 1.82) is 0 Å². The first-order valence-corrected chi connectivity index (χ1v) is 7.06. The highest BCUT2D eigenvalue weighted by atomic mass is 32.2. The molecule has 1 amide bonds. The zero-order valence-electron chi connectivity index (χ0n) is 10.6. The lowest BCUT2D eigenvalue weighted by Crippen LogP contribution is -2.33. The zero-order valence-corrected chi connectivity index (χ0v) is 11.4. The van der Waals surface area contributed by atoms with Gasteiger partial charge in [0.15, 0.2) is 0 Å². The first-order chi connectivity index (χ1) is 9.27. The molecule has 110 valence electrons. The van der Waals surface area contributed by atoms with E-state index in [9.17, 15) is 23.3 Å². The summed E-state index contributed by atoms with van der Waals surface area (Å²) in [7, 11) is -3.99. The fourth-order valence-electron chi connectivity index (χ4n) is 1.44. The highest BCUT2D eigenvalue weighted by Gasteiger charge is 2.21. The smallest absolute Gasteiger partial charge is 0.271 e. The summed E-state index contributed by atoms with van der Waals surface area (Å²) >= 11 is 0. The van der Waals surface area contributed by atoms with E-state index in [0.29, 0.717) is 6.54 Å². The van der Waals surface area contributed by atoms with E-state index in [4.69, 9.17) is 5.73 Å². The molecule has 0 bridgehead atoms. The SMILES string of the molecule is CCNc1cc([N+](=O)[O-])ccc1S(=O)(=O)NCC(N)=O. The molecule has 0 radical (unpaired) electrons. The van der Waals surface area contributed by atoms with Gasteiger partial charge in [0.1, 0.15) is 4.90 Å². The molecule has 1 aromatic carbocycles. The van der Waals surface area contributed by atoms with Crippen LogP contribution in [-0.2, 0) is 14.8 Å². The summed E-state index contributed by atoms with van der Waals surface area (Å²) in [5.41, 5.74) is 4.71. The largest absolute Gasteiger partial charge is 0.384 e. The Morgan fingerprint density at radius 2 is 2.10 bits per heavy atom. The number of amides is 1. The maximum atomic E-state index is 12.0. The number of rotatable bonds is 7. The molecule has 1 aromatic rings. The van der Waals surface area contributed by atoms with Crippen molar-refractivity contribution in [1.82, 2.24) is 4.72 Å². The monoisotopic (exact) mass is 302 g/mol. The molecule has 0 spiro atoms. The number of nitro benzene ring substituents is 1. The third kappa shape index (κ3) is 3.90. The molecule has 0 aliphatic heterocycles. The van der Waals surface area contributed by atoms with E-state index in [1.807, 2.05) is 4.72 Å². The molecule has 0 aliphatic rings. The van der Waals surface area contributed by atoms with Crippen LogP contribution in [0.3, 0.4) is 0 Å². The minimum Gasteiger partial charge on any atom is -0.384 e. The lowest BCUT2D eigenvalue weighted by atomic mass is 10.3. The van der Waals surface area contributed by atoms with Gasteiger partial charge in [0, 0.05) is 18.7 Å². The number of hydrogen-bond acceptors (Lipinski definition) is 6. The Hall–Kier alpha value is -2.20. The summed E-state index contributed by atoms with van der Waals surface area (Å²) in [4.78, 5) is 20.5. The molecule has 1 rings (SSSR count). The second-order valence-corrected chi connectivity index (χ2v) is 5.49. The van der Waals surface area contributed by atoms with Gasteiger partial charge in [-0.25, -0.2) is 13.1 Å². The number of sulfonamides is 1. The van der Waals surface area contributed by atoms with Gasteiger partial charge in [0.2, 0.25) is 15.9 Å². The van der Waals surface area contributed by atoms with Crippen LogP contribution in [0.5, 0.6) is 0 Å². The molecule has 0 heterocycles. The van der Waals surface area contributed by atoms with Crippen molar-refractivity contribution in [2.75, 3.05) is 18.4 Å². The van der Waals surface area contributed by atoms with Gasteiger partial charge in [0.25, 0.3) is 5.69 Å². The first-order valence-electron chi connectivity index (χ1n) is 5.58. The van der Waals surface area contributed by atoms with Gasteiger partial charge in [-0.1, -0.05) is 0 Å². The highest BCUT2D eigenvalue weighted by molar-refractivity contribution is 7.89. The molecule has 9 nitrogen and oxygen atoms in total. The number of anilines is 1. The number of primary amides is 1. The number of benzene rings is 1. The quantitative estimate of drug-likeness (QED) is 0.469. The number of hydrogen-bond donors (Lipinski definition) is 3. The van der Waals surface area contributed by atoms with Gasteiger partial charge in [-0.2, -0.15) is 0 Å². The summed E-state index contributed by atoms with van der Waals surface area (Å²) < 4.78 is 26.0. The number of nitrogens with one attached hydrogen (secondary N) is 2. The van der Waals surface area contributed by atoms with Crippen LogP contribution >= 0.6 is 0 Å². The number of carbonyl (C=O) groups is 1. The lowest BCUT2D eigenvalue weighted by Gasteiger charge is -2.11. The minimum atomic E-state index is -3.99. The second-order valence-electron chi connectivity index (χ2n) is 3.76. The summed E-state index contributed by atoms with van der Waals surface area (Å²) in [5, 5.41) is 13.4. The maximum absolute atomic E-state index is 12.0. The van der Waals surface area contributed by atoms with Crippen LogP contribution in [0.25, 0.3) is 0 Å². The first kappa shape index (κ1) is 15.9. The molecule has 0 atom stereocenters. The third-order valence-electron chi connectivity index (χ3n) is 2.27. The van der Waals surface area contributed by atoms with Crippen molar-refractivity contribution < 1.29 is 18.1 Å². The Labute approximate surface area is 115 Å². The predicted molar refractivity (Wildman–Crippen MR) is 71.6 cm³/mol. The number of carbonyl (C=O) groups excluding carboxylic acids is 1. The van der Waals surface area contributed by atoms with Gasteiger partial charge in [-0.05, 0) is 13.0 Å². The van der Waals surface area contributed by atoms with Crippen molar-refractivity contribution >= 4 is 27.3 Å². The van der Waals surface area contributed by atoms with E-state index in [-0.39, 0.29) is 16.3 Å². The van der Waals surface area contributed by atoms with Crippen molar-refractivity contribution in [3.8, 4) is 0 Å². The van der Waals surface area contributed by atoms with Crippen LogP contribution in [-0.4, -0.2) is 32.3 Å². The van der Waals surface area contributed by atoms with E-state index in [1.165, 1.54) is 0 Å². The maximum Gasteiger partial charge on any atom is 0.271 e. The lowest BCUT2D eigenvalue weighted by molar-refractivity contribution is -0.384. The van der Waals surface area contributed by atoms with E-state index in [0.717, 1.165) is 18.2 Å². The van der Waals surface area contributed by atoms with E-state index in [1.54, 1.807) is 6.92 Å². The summed E-state index contributed by atoms with van der Waals surface area (Å²) in [6, 6.07) is 3.28. The summed E-state index contributed by atoms with van der Waals surface area (Å²) in [6.07, 6.45) is 0. The molecule has 0 fully saturated rings. The molecule has 0 unspecified atom stereocenters. The predicted octanol–water partition coefficient (Wildman–Crippen LogP) is -0.210. The van der Waals surface area contributed by atoms with Gasteiger partial charge < -0.3 is 11.1 Å². The molecule has 4 N–H and O–H groups in total. The van der Waals surface area contributed by atoms with Gasteiger partial charge >= 0.3 is 0 Å². The Bertz CT molecular complexity index is 629. The van der Waals surface area contributed by atoms with Crippen LogP contribution in [0.2, 0.25) is 0 Å². The van der Waals surface area contributed by atoms with Gasteiger partial charge in [-0.3, -0.25) is 14.9 Å². The van der Waals surface area contributed by atoms with E-state index < -0.39 is 27.4 Å². The van der Waals surface area contributed by atoms with Crippen molar-refractivity contribution in [3.63, 3.8) is 0 Å². The molecule has 0 aliphatic carbocycles. The van der Waals surface area contributed by atoms with Crippen LogP contribution in [0.4, 0.5) is 11.4 Å². The molecule has 20 heavy (non-hydrogen) atoms. The Kier molecular flexibility index (Phi) is 5.00. The van der Waals surface area contributed by atoms with Crippen molar-refractivity contribution in [2.24, 2.45) is 5.73 Å². The van der Waals surface area contributed by atoms with Gasteiger partial charge in [-0.15, -0.1) is 0 Å². The average Bonchev–Trinajstić information content (AvgIpc) is 2.36. The molecule has 10 heteroatoms. The molecule has 0 saturated carbocycles. The van der Waals surface area contributed by atoms with Crippen LogP contribution in [0.15, 0.2) is 23.1 Å². The number of nitrogens with two attached hydrogens (primary N) is 1. The van der Waals surface area contributed by atoms with Gasteiger partial charge in [0.05, 0.1) is 17.2 Å². The summed E-state index contributed by atoms with van der Waals surface area (Å²) in [6.45, 7) is 1.54. The molecule has 0 saturated heterocycles. The van der Waals surface area contributed by atoms with E-state index in [2.05, 4.69) is 5.32 Å². The van der Waals surface area contributed by atoms with Crippen LogP contribution in [0.1, 0.15) is 6.92 Å². The van der Waals surface area contributed by atoms with E-state index >= 15 is 0 Å². The fourth-order valence-corrected chi connectivity index (χ4v) is 2.59. The Balaban J connectivity index is 3.22. The molecular formula is C10H14N4O5S. The van der Waals surface area contributed by atoms with Crippen LogP contribution in [0, 0.1) is 10.1 Å². The Morgan fingerprint density at radius 3 is 2.60 bits per heavy atom. The highest BCUT2D eigenvalue weighted by Crippen LogP contribution is 2.26. The second kappa shape index (κ2) is 6.30. The standard InChI is InChI=1S/C10H14N4O5S/c1-2-12-8-5-7(14(16)17)3-4-9(8)20(18,19)13-6-10(11)15/h3-5,12-13H,2,6H2,1H3,(H2,11,15). The number of nitrogens with zero attached hydrogens (tertiary/aromatic N) is 1. The normalized spacial score (nSPS) is 11.1.